The topological polar surface area (TPSA) is 61.7 Å². The molecule has 0 saturated carbocycles. The fraction of sp³-hybridized carbons (Fsp3) is 0.0909. The maximum absolute atomic E-state index is 11.2. The number of aliphatic hydroxyl groups excluding tert-OH is 1. The van der Waals surface area contributed by atoms with Crippen molar-refractivity contribution in [2.45, 2.75) is 6.23 Å². The van der Waals surface area contributed by atoms with Crippen LogP contribution in [0.5, 0.6) is 0 Å². The van der Waals surface area contributed by atoms with E-state index in [1.165, 1.54) is 6.08 Å². The SMILES string of the molecule is O=C1NC(Cl)=CC(c2ccccc2)=NC1O. The Bertz CT molecular complexity index is 468. The van der Waals surface area contributed by atoms with E-state index in [9.17, 15) is 9.90 Å². The molecule has 0 aliphatic carbocycles. The summed E-state index contributed by atoms with van der Waals surface area (Å²) in [5.41, 5.74) is 1.26. The van der Waals surface area contributed by atoms with Gasteiger partial charge in [0.1, 0.15) is 5.16 Å². The molecule has 2 rings (SSSR count). The highest BCUT2D eigenvalue weighted by Gasteiger charge is 2.19. The van der Waals surface area contributed by atoms with E-state index < -0.39 is 12.1 Å². The van der Waals surface area contributed by atoms with Gasteiger partial charge in [0.2, 0.25) is 6.23 Å². The fourth-order valence-corrected chi connectivity index (χ4v) is 1.53. The average Bonchev–Trinajstić information content (AvgIpc) is 2.40. The minimum absolute atomic E-state index is 0.143. The molecule has 16 heavy (non-hydrogen) atoms. The molecule has 5 heteroatoms. The third kappa shape index (κ3) is 2.29. The molecule has 0 spiro atoms. The van der Waals surface area contributed by atoms with Gasteiger partial charge in [0.05, 0.1) is 5.71 Å². The van der Waals surface area contributed by atoms with Crippen LogP contribution in [0.15, 0.2) is 46.6 Å². The van der Waals surface area contributed by atoms with Gasteiger partial charge < -0.3 is 10.4 Å². The normalized spacial score (nSPS) is 20.6. The molecule has 1 atom stereocenters. The van der Waals surface area contributed by atoms with Crippen molar-refractivity contribution < 1.29 is 9.90 Å². The van der Waals surface area contributed by atoms with E-state index in [2.05, 4.69) is 10.3 Å². The minimum atomic E-state index is -1.43. The number of benzene rings is 1. The summed E-state index contributed by atoms with van der Waals surface area (Å²) in [5.74, 6) is -0.632. The Labute approximate surface area is 97.3 Å². The van der Waals surface area contributed by atoms with Crippen LogP contribution in [-0.2, 0) is 4.79 Å². The van der Waals surface area contributed by atoms with Gasteiger partial charge in [-0.25, -0.2) is 4.99 Å². The van der Waals surface area contributed by atoms with E-state index in [0.29, 0.717) is 5.71 Å². The molecule has 1 aliphatic heterocycles. The number of nitrogens with one attached hydrogen (secondary N) is 1. The van der Waals surface area contributed by atoms with Gasteiger partial charge in [-0.15, -0.1) is 0 Å². The number of aliphatic imine (C=N–C) groups is 1. The zero-order chi connectivity index (χ0) is 11.5. The molecule has 2 N–H and O–H groups in total. The number of amides is 1. The first kappa shape index (κ1) is 10.9. The number of rotatable bonds is 1. The van der Waals surface area contributed by atoms with Crippen LogP contribution in [0, 0.1) is 0 Å². The number of hydrogen-bond donors (Lipinski definition) is 2. The van der Waals surface area contributed by atoms with Crippen LogP contribution in [0.4, 0.5) is 0 Å². The van der Waals surface area contributed by atoms with E-state index in [-0.39, 0.29) is 5.16 Å². The smallest absolute Gasteiger partial charge is 0.276 e. The molecular formula is C11H9ClN2O2. The van der Waals surface area contributed by atoms with E-state index in [1.54, 1.807) is 0 Å². The first-order valence-corrected chi connectivity index (χ1v) is 5.04. The molecule has 0 bridgehead atoms. The number of hydrogen-bond acceptors (Lipinski definition) is 3. The highest BCUT2D eigenvalue weighted by Crippen LogP contribution is 2.10. The second-order valence-electron chi connectivity index (χ2n) is 3.24. The van der Waals surface area contributed by atoms with Crippen LogP contribution in [0.25, 0.3) is 0 Å². The molecule has 1 aromatic carbocycles. The molecule has 0 saturated heterocycles. The second kappa shape index (κ2) is 4.47. The molecule has 82 valence electrons. The molecule has 0 aromatic heterocycles. The van der Waals surface area contributed by atoms with Crippen LogP contribution in [0.2, 0.25) is 0 Å². The lowest BCUT2D eigenvalue weighted by atomic mass is 10.1. The summed E-state index contributed by atoms with van der Waals surface area (Å²) in [6, 6.07) is 9.19. The van der Waals surface area contributed by atoms with Crippen molar-refractivity contribution in [2.24, 2.45) is 4.99 Å². The quantitative estimate of drug-likeness (QED) is 0.715. The van der Waals surface area contributed by atoms with Crippen LogP contribution in [0.1, 0.15) is 5.56 Å². The molecule has 1 aromatic rings. The summed E-state index contributed by atoms with van der Waals surface area (Å²) < 4.78 is 0. The minimum Gasteiger partial charge on any atom is -0.364 e. The van der Waals surface area contributed by atoms with E-state index in [0.717, 1.165) is 5.56 Å². The molecule has 1 unspecified atom stereocenters. The monoisotopic (exact) mass is 236 g/mol. The molecule has 1 heterocycles. The maximum Gasteiger partial charge on any atom is 0.276 e. The molecule has 4 nitrogen and oxygen atoms in total. The van der Waals surface area contributed by atoms with Crippen LogP contribution < -0.4 is 5.32 Å². The Hall–Kier alpha value is -1.65. The first-order valence-electron chi connectivity index (χ1n) is 4.66. The number of carbonyl (C=O) groups is 1. The Balaban J connectivity index is 2.43. The zero-order valence-corrected chi connectivity index (χ0v) is 8.98. The number of aliphatic hydroxyl groups is 1. The maximum atomic E-state index is 11.2. The standard InChI is InChI=1S/C11H9ClN2O2/c12-9-6-8(7-4-2-1-3-5-7)13-10(15)11(16)14-9/h1-6,10,15H,(H,14,16). The Morgan fingerprint density at radius 2 is 2.00 bits per heavy atom. The lowest BCUT2D eigenvalue weighted by Crippen LogP contribution is -2.30. The van der Waals surface area contributed by atoms with Gasteiger partial charge in [0.25, 0.3) is 5.91 Å². The van der Waals surface area contributed by atoms with Crippen LogP contribution in [-0.4, -0.2) is 23.0 Å². The second-order valence-corrected chi connectivity index (χ2v) is 3.64. The van der Waals surface area contributed by atoms with Crippen molar-refractivity contribution in [3.8, 4) is 0 Å². The summed E-state index contributed by atoms with van der Waals surface area (Å²) in [7, 11) is 0. The fourth-order valence-electron chi connectivity index (χ4n) is 1.33. The van der Waals surface area contributed by atoms with Crippen molar-refractivity contribution in [3.05, 3.63) is 47.1 Å². The van der Waals surface area contributed by atoms with Crippen molar-refractivity contribution in [2.75, 3.05) is 0 Å². The summed E-state index contributed by atoms with van der Waals surface area (Å²) >= 11 is 5.76. The molecule has 1 amide bonds. The number of nitrogens with zero attached hydrogens (tertiary/aromatic N) is 1. The lowest BCUT2D eigenvalue weighted by molar-refractivity contribution is -0.127. The molecule has 0 fully saturated rings. The van der Waals surface area contributed by atoms with Crippen LogP contribution in [0.3, 0.4) is 0 Å². The highest BCUT2D eigenvalue weighted by molar-refractivity contribution is 6.33. The largest absolute Gasteiger partial charge is 0.364 e. The van der Waals surface area contributed by atoms with E-state index in [4.69, 9.17) is 11.6 Å². The number of allylic oxidation sites excluding steroid dienone is 1. The number of halogens is 1. The van der Waals surface area contributed by atoms with Crippen molar-refractivity contribution in [3.63, 3.8) is 0 Å². The predicted molar refractivity (Wildman–Crippen MR) is 61.1 cm³/mol. The molecule has 0 radical (unpaired) electrons. The Morgan fingerprint density at radius 3 is 2.69 bits per heavy atom. The predicted octanol–water partition coefficient (Wildman–Crippen LogP) is 1.00. The van der Waals surface area contributed by atoms with Gasteiger partial charge in [0, 0.05) is 0 Å². The summed E-state index contributed by atoms with van der Waals surface area (Å²) in [4.78, 5) is 15.1. The van der Waals surface area contributed by atoms with E-state index >= 15 is 0 Å². The number of carbonyl (C=O) groups excluding carboxylic acids is 1. The van der Waals surface area contributed by atoms with Crippen molar-refractivity contribution in [1.29, 1.82) is 0 Å². The summed E-state index contributed by atoms with van der Waals surface area (Å²) in [6.45, 7) is 0. The van der Waals surface area contributed by atoms with Gasteiger partial charge in [-0.05, 0) is 11.6 Å². The van der Waals surface area contributed by atoms with Gasteiger partial charge in [-0.1, -0.05) is 41.9 Å². The molecular weight excluding hydrogens is 228 g/mol. The lowest BCUT2D eigenvalue weighted by Gasteiger charge is -2.03. The van der Waals surface area contributed by atoms with Crippen molar-refractivity contribution in [1.82, 2.24) is 5.32 Å². The van der Waals surface area contributed by atoms with Gasteiger partial charge >= 0.3 is 0 Å². The zero-order valence-electron chi connectivity index (χ0n) is 8.22. The summed E-state index contributed by atoms with van der Waals surface area (Å²) in [6.07, 6.45) is 0.0769. The Kier molecular flexibility index (Phi) is 3.03. The van der Waals surface area contributed by atoms with Gasteiger partial charge in [-0.2, -0.15) is 0 Å². The third-order valence-corrected chi connectivity index (χ3v) is 2.28. The third-order valence-electron chi connectivity index (χ3n) is 2.07. The highest BCUT2D eigenvalue weighted by atomic mass is 35.5. The first-order chi connectivity index (χ1) is 7.66. The van der Waals surface area contributed by atoms with Crippen molar-refractivity contribution >= 4 is 23.2 Å². The van der Waals surface area contributed by atoms with Gasteiger partial charge in [0.15, 0.2) is 0 Å². The summed E-state index contributed by atoms with van der Waals surface area (Å²) in [5, 5.41) is 11.9. The van der Waals surface area contributed by atoms with Crippen LogP contribution >= 0.6 is 11.6 Å². The van der Waals surface area contributed by atoms with Gasteiger partial charge in [-0.3, -0.25) is 4.79 Å². The average molecular weight is 237 g/mol. The molecule has 1 aliphatic rings. The Morgan fingerprint density at radius 1 is 1.31 bits per heavy atom. The van der Waals surface area contributed by atoms with E-state index in [1.807, 2.05) is 30.3 Å².